The fourth-order valence-electron chi connectivity index (χ4n) is 3.18. The Morgan fingerprint density at radius 3 is 2.31 bits per heavy atom. The van der Waals surface area contributed by atoms with Crippen LogP contribution in [0.25, 0.3) is 0 Å². The predicted octanol–water partition coefficient (Wildman–Crippen LogP) is 3.76. The monoisotopic (exact) mass is 475 g/mol. The molecule has 10 heteroatoms. The normalized spacial score (nSPS) is 14.8. The van der Waals surface area contributed by atoms with E-state index in [0.717, 1.165) is 16.2 Å². The molecule has 0 bridgehead atoms. The van der Waals surface area contributed by atoms with Crippen molar-refractivity contribution in [3.05, 3.63) is 57.5 Å². The molecule has 0 N–H and O–H groups in total. The summed E-state index contributed by atoms with van der Waals surface area (Å²) >= 11 is 18.2. The lowest BCUT2D eigenvalue weighted by molar-refractivity contribution is -0.129. The second-order valence-electron chi connectivity index (χ2n) is 6.69. The molecule has 1 saturated heterocycles. The minimum atomic E-state index is -3.73. The van der Waals surface area contributed by atoms with Gasteiger partial charge in [-0.3, -0.25) is 9.10 Å². The summed E-state index contributed by atoms with van der Waals surface area (Å²) in [5, 5.41) is 0.974. The van der Waals surface area contributed by atoms with Gasteiger partial charge in [-0.15, -0.1) is 0 Å². The SMILES string of the molecule is CS(=O)(=O)N(CC(=O)N1CCN(c2cccc(Cl)c2)CC1)c1cccc(Cl)c1Cl. The van der Waals surface area contributed by atoms with E-state index in [9.17, 15) is 13.2 Å². The number of sulfonamides is 1. The van der Waals surface area contributed by atoms with Gasteiger partial charge in [-0.2, -0.15) is 0 Å². The molecule has 6 nitrogen and oxygen atoms in total. The third kappa shape index (κ3) is 5.28. The van der Waals surface area contributed by atoms with Gasteiger partial charge < -0.3 is 9.80 Å². The van der Waals surface area contributed by atoms with Crippen molar-refractivity contribution >= 4 is 62.1 Å². The van der Waals surface area contributed by atoms with Crippen LogP contribution < -0.4 is 9.21 Å². The van der Waals surface area contributed by atoms with Crippen molar-refractivity contribution in [2.24, 2.45) is 0 Å². The second-order valence-corrected chi connectivity index (χ2v) is 9.82. The van der Waals surface area contributed by atoms with Crippen LogP contribution in [0.15, 0.2) is 42.5 Å². The molecule has 1 heterocycles. The molecule has 1 aliphatic heterocycles. The highest BCUT2D eigenvalue weighted by atomic mass is 35.5. The summed E-state index contributed by atoms with van der Waals surface area (Å²) in [4.78, 5) is 16.6. The van der Waals surface area contributed by atoms with Crippen LogP contribution in [0.5, 0.6) is 0 Å². The number of carbonyl (C=O) groups is 1. The maximum atomic E-state index is 12.8. The van der Waals surface area contributed by atoms with Crippen LogP contribution in [0, 0.1) is 0 Å². The van der Waals surface area contributed by atoms with Crippen molar-refractivity contribution in [3.8, 4) is 0 Å². The Bertz CT molecular complexity index is 1010. The topological polar surface area (TPSA) is 60.9 Å². The lowest BCUT2D eigenvalue weighted by Crippen LogP contribution is -2.52. The van der Waals surface area contributed by atoms with Crippen LogP contribution in [0.1, 0.15) is 0 Å². The van der Waals surface area contributed by atoms with Crippen molar-refractivity contribution in [2.75, 3.05) is 48.2 Å². The Kier molecular flexibility index (Phi) is 6.83. The largest absolute Gasteiger partial charge is 0.368 e. The molecule has 0 unspecified atom stereocenters. The van der Waals surface area contributed by atoms with Gasteiger partial charge in [0.15, 0.2) is 0 Å². The van der Waals surface area contributed by atoms with E-state index in [-0.39, 0.29) is 28.2 Å². The smallest absolute Gasteiger partial charge is 0.243 e. The van der Waals surface area contributed by atoms with Gasteiger partial charge in [-0.25, -0.2) is 8.42 Å². The zero-order valence-corrected chi connectivity index (χ0v) is 18.8. The molecule has 0 aliphatic carbocycles. The molecule has 0 saturated carbocycles. The standard InChI is InChI=1S/C19H20Cl3N3O3S/c1-29(27,28)25(17-7-3-6-16(21)19(17)22)13-18(26)24-10-8-23(9-11-24)15-5-2-4-14(20)12-15/h2-7,12H,8-11,13H2,1H3. The fourth-order valence-corrected chi connectivity index (χ4v) is 4.66. The molecule has 0 atom stereocenters. The summed E-state index contributed by atoms with van der Waals surface area (Å²) in [7, 11) is -3.73. The summed E-state index contributed by atoms with van der Waals surface area (Å²) in [6.07, 6.45) is 1.04. The number of halogens is 3. The number of piperazine rings is 1. The lowest BCUT2D eigenvalue weighted by Gasteiger charge is -2.37. The van der Waals surface area contributed by atoms with Crippen LogP contribution in [-0.2, 0) is 14.8 Å². The third-order valence-corrected chi connectivity index (χ3v) is 6.86. The molecule has 156 valence electrons. The number of amides is 1. The minimum absolute atomic E-state index is 0.0955. The van der Waals surface area contributed by atoms with E-state index < -0.39 is 10.0 Å². The average molecular weight is 477 g/mol. The summed E-state index contributed by atoms with van der Waals surface area (Å²) in [5.41, 5.74) is 1.18. The maximum absolute atomic E-state index is 12.8. The van der Waals surface area contributed by atoms with Crippen LogP contribution in [-0.4, -0.2) is 58.2 Å². The molecule has 2 aromatic rings. The molecule has 1 fully saturated rings. The Hall–Kier alpha value is -1.67. The molecule has 0 radical (unpaired) electrons. The number of hydrogen-bond acceptors (Lipinski definition) is 4. The van der Waals surface area contributed by atoms with Gasteiger partial charge in [-0.1, -0.05) is 46.9 Å². The highest BCUT2D eigenvalue weighted by Crippen LogP contribution is 2.33. The van der Waals surface area contributed by atoms with Crippen molar-refractivity contribution in [3.63, 3.8) is 0 Å². The molecule has 0 spiro atoms. The van der Waals surface area contributed by atoms with Gasteiger partial charge in [0.25, 0.3) is 0 Å². The van der Waals surface area contributed by atoms with E-state index in [1.165, 1.54) is 6.07 Å². The van der Waals surface area contributed by atoms with Gasteiger partial charge in [0.05, 0.1) is 22.0 Å². The van der Waals surface area contributed by atoms with Gasteiger partial charge in [0, 0.05) is 36.9 Å². The van der Waals surface area contributed by atoms with Gasteiger partial charge in [0.2, 0.25) is 15.9 Å². The van der Waals surface area contributed by atoms with E-state index in [0.29, 0.717) is 31.2 Å². The first-order valence-electron chi connectivity index (χ1n) is 8.87. The van der Waals surface area contributed by atoms with Crippen molar-refractivity contribution in [1.29, 1.82) is 0 Å². The number of benzene rings is 2. The maximum Gasteiger partial charge on any atom is 0.243 e. The summed E-state index contributed by atoms with van der Waals surface area (Å²) in [6.45, 7) is 1.88. The molecule has 1 amide bonds. The first kappa shape index (κ1) is 22.0. The third-order valence-electron chi connectivity index (χ3n) is 4.68. The zero-order valence-electron chi connectivity index (χ0n) is 15.7. The molecule has 2 aromatic carbocycles. The Labute approximate surface area is 185 Å². The number of anilines is 2. The molecule has 0 aromatic heterocycles. The highest BCUT2D eigenvalue weighted by molar-refractivity contribution is 7.92. The van der Waals surface area contributed by atoms with Gasteiger partial charge in [-0.05, 0) is 30.3 Å². The number of carbonyl (C=O) groups excluding carboxylic acids is 1. The highest BCUT2D eigenvalue weighted by Gasteiger charge is 2.28. The van der Waals surface area contributed by atoms with Crippen LogP contribution in [0.4, 0.5) is 11.4 Å². The van der Waals surface area contributed by atoms with Crippen LogP contribution in [0.3, 0.4) is 0 Å². The van der Waals surface area contributed by atoms with Gasteiger partial charge in [0.1, 0.15) is 6.54 Å². The van der Waals surface area contributed by atoms with E-state index in [4.69, 9.17) is 34.8 Å². The van der Waals surface area contributed by atoms with Crippen molar-refractivity contribution in [1.82, 2.24) is 4.90 Å². The first-order valence-corrected chi connectivity index (χ1v) is 11.8. The minimum Gasteiger partial charge on any atom is -0.368 e. The summed E-state index contributed by atoms with van der Waals surface area (Å²) in [6, 6.07) is 12.2. The molecule has 3 rings (SSSR count). The second kappa shape index (κ2) is 9.00. The summed E-state index contributed by atoms with van der Waals surface area (Å²) < 4.78 is 25.6. The molecular weight excluding hydrogens is 457 g/mol. The molecule has 29 heavy (non-hydrogen) atoms. The van der Waals surface area contributed by atoms with Crippen LogP contribution >= 0.6 is 34.8 Å². The van der Waals surface area contributed by atoms with Crippen LogP contribution in [0.2, 0.25) is 15.1 Å². The van der Waals surface area contributed by atoms with Crippen molar-refractivity contribution < 1.29 is 13.2 Å². The Balaban J connectivity index is 1.71. The Morgan fingerprint density at radius 2 is 1.69 bits per heavy atom. The zero-order chi connectivity index (χ0) is 21.2. The average Bonchev–Trinajstić information content (AvgIpc) is 2.68. The van der Waals surface area contributed by atoms with E-state index in [1.807, 2.05) is 24.3 Å². The Morgan fingerprint density at radius 1 is 1.03 bits per heavy atom. The molecular formula is C19H20Cl3N3O3S. The van der Waals surface area contributed by atoms with E-state index in [1.54, 1.807) is 17.0 Å². The molecule has 1 aliphatic rings. The predicted molar refractivity (Wildman–Crippen MR) is 119 cm³/mol. The first-order chi connectivity index (χ1) is 13.7. The number of nitrogens with zero attached hydrogens (tertiary/aromatic N) is 3. The summed E-state index contributed by atoms with van der Waals surface area (Å²) in [5.74, 6) is -0.294. The number of hydrogen-bond donors (Lipinski definition) is 0. The number of rotatable bonds is 5. The lowest BCUT2D eigenvalue weighted by atomic mass is 10.2. The fraction of sp³-hybridized carbons (Fsp3) is 0.316. The van der Waals surface area contributed by atoms with E-state index in [2.05, 4.69) is 4.90 Å². The van der Waals surface area contributed by atoms with Crippen molar-refractivity contribution in [2.45, 2.75) is 0 Å². The van der Waals surface area contributed by atoms with Gasteiger partial charge >= 0.3 is 0 Å². The quantitative estimate of drug-likeness (QED) is 0.659. The van der Waals surface area contributed by atoms with E-state index >= 15 is 0 Å².